The van der Waals surface area contributed by atoms with Crippen LogP contribution in [0.1, 0.15) is 39.0 Å². The maximum absolute atomic E-state index is 12.3. The fourth-order valence-corrected chi connectivity index (χ4v) is 3.81. The van der Waals surface area contributed by atoms with E-state index < -0.39 is 0 Å². The van der Waals surface area contributed by atoms with Crippen LogP contribution in [-0.4, -0.2) is 37.9 Å². The second-order valence-electron chi connectivity index (χ2n) is 6.22. The topological polar surface area (TPSA) is 72.7 Å². The van der Waals surface area contributed by atoms with Gasteiger partial charge in [0, 0.05) is 6.54 Å². The standard InChI is InChI=1S/C17H23N5OS/c1-13(16(23)18-12-14-8-4-2-5-9-14)24-17-19-20-21-22(17)15-10-6-3-7-11-15/h3,6-7,10-11,13-14H,2,4-5,8-9,12H2,1H3,(H,18,23)/t13-/m1/s1. The van der Waals surface area contributed by atoms with E-state index in [-0.39, 0.29) is 11.2 Å². The van der Waals surface area contributed by atoms with Crippen molar-refractivity contribution in [2.24, 2.45) is 5.92 Å². The van der Waals surface area contributed by atoms with Gasteiger partial charge in [0.05, 0.1) is 10.9 Å². The summed E-state index contributed by atoms with van der Waals surface area (Å²) >= 11 is 1.38. The largest absolute Gasteiger partial charge is 0.355 e. The molecule has 1 amide bonds. The van der Waals surface area contributed by atoms with Crippen LogP contribution in [0.2, 0.25) is 0 Å². The molecule has 0 radical (unpaired) electrons. The van der Waals surface area contributed by atoms with Crippen LogP contribution in [0.15, 0.2) is 35.5 Å². The van der Waals surface area contributed by atoms with Crippen molar-refractivity contribution < 1.29 is 4.79 Å². The first-order valence-electron chi connectivity index (χ1n) is 8.52. The highest BCUT2D eigenvalue weighted by Crippen LogP contribution is 2.24. The summed E-state index contributed by atoms with van der Waals surface area (Å²) in [6.45, 7) is 2.68. The Balaban J connectivity index is 1.56. The van der Waals surface area contributed by atoms with Crippen molar-refractivity contribution in [3.05, 3.63) is 30.3 Å². The molecule has 1 aromatic heterocycles. The summed E-state index contributed by atoms with van der Waals surface area (Å²) in [6.07, 6.45) is 6.37. The van der Waals surface area contributed by atoms with Crippen LogP contribution in [0.25, 0.3) is 5.69 Å². The fraction of sp³-hybridized carbons (Fsp3) is 0.529. The molecular weight excluding hydrogens is 322 g/mol. The second kappa shape index (κ2) is 8.28. The molecule has 128 valence electrons. The van der Waals surface area contributed by atoms with Crippen molar-refractivity contribution >= 4 is 17.7 Å². The minimum Gasteiger partial charge on any atom is -0.355 e. The van der Waals surface area contributed by atoms with Crippen LogP contribution in [0, 0.1) is 5.92 Å². The third-order valence-electron chi connectivity index (χ3n) is 4.38. The Labute approximate surface area is 146 Å². The lowest BCUT2D eigenvalue weighted by Crippen LogP contribution is -2.35. The van der Waals surface area contributed by atoms with E-state index in [1.807, 2.05) is 37.3 Å². The summed E-state index contributed by atoms with van der Waals surface area (Å²) in [5.41, 5.74) is 0.889. The maximum Gasteiger partial charge on any atom is 0.233 e. The first-order chi connectivity index (χ1) is 11.7. The van der Waals surface area contributed by atoms with Crippen LogP contribution < -0.4 is 5.32 Å². The number of aromatic nitrogens is 4. The lowest BCUT2D eigenvalue weighted by molar-refractivity contribution is -0.120. The number of hydrogen-bond donors (Lipinski definition) is 1. The molecule has 1 saturated carbocycles. The quantitative estimate of drug-likeness (QED) is 0.815. The van der Waals surface area contributed by atoms with Gasteiger partial charge in [0.1, 0.15) is 0 Å². The zero-order chi connectivity index (χ0) is 16.8. The van der Waals surface area contributed by atoms with Crippen LogP contribution in [-0.2, 0) is 4.79 Å². The molecule has 1 heterocycles. The Morgan fingerprint density at radius 3 is 2.79 bits per heavy atom. The van der Waals surface area contributed by atoms with Crippen molar-refractivity contribution in [1.82, 2.24) is 25.5 Å². The number of benzene rings is 1. The number of tetrazole rings is 1. The van der Waals surface area contributed by atoms with E-state index >= 15 is 0 Å². The van der Waals surface area contributed by atoms with E-state index in [1.165, 1.54) is 43.9 Å². The molecule has 0 unspecified atom stereocenters. The first-order valence-corrected chi connectivity index (χ1v) is 9.40. The zero-order valence-corrected chi connectivity index (χ0v) is 14.7. The summed E-state index contributed by atoms with van der Waals surface area (Å²) in [5.74, 6) is 0.683. The van der Waals surface area contributed by atoms with E-state index in [0.717, 1.165) is 12.2 Å². The highest BCUT2D eigenvalue weighted by atomic mass is 32.2. The van der Waals surface area contributed by atoms with E-state index in [9.17, 15) is 4.79 Å². The van der Waals surface area contributed by atoms with Gasteiger partial charge >= 0.3 is 0 Å². The number of nitrogens with zero attached hydrogens (tertiary/aromatic N) is 4. The van der Waals surface area contributed by atoms with Gasteiger partial charge in [-0.1, -0.05) is 49.2 Å². The lowest BCUT2D eigenvalue weighted by Gasteiger charge is -2.22. The van der Waals surface area contributed by atoms with Crippen LogP contribution in [0.4, 0.5) is 0 Å². The molecule has 0 bridgehead atoms. The predicted molar refractivity (Wildman–Crippen MR) is 94.1 cm³/mol. The molecule has 6 nitrogen and oxygen atoms in total. The summed E-state index contributed by atoms with van der Waals surface area (Å²) in [5, 5.41) is 15.3. The van der Waals surface area contributed by atoms with Crippen LogP contribution in [0.5, 0.6) is 0 Å². The minimum absolute atomic E-state index is 0.0492. The summed E-state index contributed by atoms with van der Waals surface area (Å²) in [4.78, 5) is 12.3. The Morgan fingerprint density at radius 2 is 2.04 bits per heavy atom. The lowest BCUT2D eigenvalue weighted by atomic mass is 9.89. The van der Waals surface area contributed by atoms with Gasteiger partial charge in [0.15, 0.2) is 0 Å². The minimum atomic E-state index is -0.234. The second-order valence-corrected chi connectivity index (χ2v) is 7.53. The first kappa shape index (κ1) is 17.0. The van der Waals surface area contributed by atoms with Crippen molar-refractivity contribution in [2.75, 3.05) is 6.54 Å². The number of hydrogen-bond acceptors (Lipinski definition) is 5. The Morgan fingerprint density at radius 1 is 1.29 bits per heavy atom. The molecule has 1 aromatic carbocycles. The molecular formula is C17H23N5OS. The molecule has 2 aromatic rings. The molecule has 0 spiro atoms. The normalized spacial score (nSPS) is 16.7. The van der Waals surface area contributed by atoms with Gasteiger partial charge in [-0.3, -0.25) is 4.79 Å². The van der Waals surface area contributed by atoms with E-state index in [2.05, 4.69) is 20.8 Å². The SMILES string of the molecule is C[C@@H](Sc1nnnn1-c1ccccc1)C(=O)NCC1CCCCC1. The Kier molecular flexibility index (Phi) is 5.85. The predicted octanol–water partition coefficient (Wildman–Crippen LogP) is 2.84. The monoisotopic (exact) mass is 345 g/mol. The highest BCUT2D eigenvalue weighted by molar-refractivity contribution is 8.00. The average Bonchev–Trinajstić information content (AvgIpc) is 3.09. The van der Waals surface area contributed by atoms with Crippen molar-refractivity contribution in [1.29, 1.82) is 0 Å². The fourth-order valence-electron chi connectivity index (χ4n) is 2.98. The number of rotatable bonds is 6. The molecule has 1 fully saturated rings. The molecule has 3 rings (SSSR count). The Hall–Kier alpha value is -1.89. The van der Waals surface area contributed by atoms with Crippen molar-refractivity contribution in [2.45, 2.75) is 49.4 Å². The summed E-state index contributed by atoms with van der Waals surface area (Å²) in [7, 11) is 0. The molecule has 1 aliphatic carbocycles. The van der Waals surface area contributed by atoms with Crippen LogP contribution in [0.3, 0.4) is 0 Å². The van der Waals surface area contributed by atoms with Crippen LogP contribution >= 0.6 is 11.8 Å². The number of para-hydroxylation sites is 1. The molecule has 7 heteroatoms. The third-order valence-corrected chi connectivity index (χ3v) is 5.42. The molecule has 1 aliphatic rings. The van der Waals surface area contributed by atoms with Gasteiger partial charge < -0.3 is 5.32 Å². The molecule has 0 aliphatic heterocycles. The van der Waals surface area contributed by atoms with Crippen molar-refractivity contribution in [3.8, 4) is 5.69 Å². The van der Waals surface area contributed by atoms with E-state index in [1.54, 1.807) is 4.68 Å². The Bertz CT molecular complexity index is 654. The summed E-state index contributed by atoms with van der Waals surface area (Å²) in [6, 6.07) is 9.70. The van der Waals surface area contributed by atoms with E-state index in [4.69, 9.17) is 0 Å². The van der Waals surface area contributed by atoms with Gasteiger partial charge in [0.2, 0.25) is 11.1 Å². The number of nitrogens with one attached hydrogen (secondary N) is 1. The number of amides is 1. The summed E-state index contributed by atoms with van der Waals surface area (Å²) < 4.78 is 1.66. The van der Waals surface area contributed by atoms with Gasteiger partial charge in [-0.2, -0.15) is 4.68 Å². The molecule has 24 heavy (non-hydrogen) atoms. The van der Waals surface area contributed by atoms with Gasteiger partial charge in [0.25, 0.3) is 0 Å². The number of thioether (sulfide) groups is 1. The zero-order valence-electron chi connectivity index (χ0n) is 13.9. The van der Waals surface area contributed by atoms with Gasteiger partial charge in [-0.15, -0.1) is 5.10 Å². The molecule has 0 saturated heterocycles. The average molecular weight is 345 g/mol. The highest BCUT2D eigenvalue weighted by Gasteiger charge is 2.20. The maximum atomic E-state index is 12.3. The number of carbonyl (C=O) groups excluding carboxylic acids is 1. The van der Waals surface area contributed by atoms with Crippen molar-refractivity contribution in [3.63, 3.8) is 0 Å². The smallest absolute Gasteiger partial charge is 0.233 e. The van der Waals surface area contributed by atoms with Gasteiger partial charge in [-0.25, -0.2) is 0 Å². The molecule has 1 N–H and O–H groups in total. The van der Waals surface area contributed by atoms with Gasteiger partial charge in [-0.05, 0) is 48.2 Å². The van der Waals surface area contributed by atoms with E-state index in [0.29, 0.717) is 11.1 Å². The third kappa shape index (κ3) is 4.35. The number of carbonyl (C=O) groups is 1. The molecule has 1 atom stereocenters.